The van der Waals surface area contributed by atoms with Gasteiger partial charge in [-0.3, -0.25) is 0 Å². The SMILES string of the molecule is CC(C)c1nc(NN)cc(OCCC(F)(F)F)n1. The van der Waals surface area contributed by atoms with E-state index in [-0.39, 0.29) is 11.8 Å². The lowest BCUT2D eigenvalue weighted by molar-refractivity contribution is -0.139. The van der Waals surface area contributed by atoms with Crippen LogP contribution in [0.3, 0.4) is 0 Å². The molecule has 0 spiro atoms. The van der Waals surface area contributed by atoms with E-state index in [9.17, 15) is 13.2 Å². The Morgan fingerprint density at radius 2 is 2.06 bits per heavy atom. The fourth-order valence-corrected chi connectivity index (χ4v) is 1.12. The smallest absolute Gasteiger partial charge is 0.392 e. The van der Waals surface area contributed by atoms with Gasteiger partial charge in [-0.05, 0) is 0 Å². The summed E-state index contributed by atoms with van der Waals surface area (Å²) in [5.74, 6) is 6.05. The number of nitrogens with one attached hydrogen (secondary N) is 1. The molecule has 0 saturated carbocycles. The highest BCUT2D eigenvalue weighted by molar-refractivity contribution is 5.37. The molecule has 0 atom stereocenters. The van der Waals surface area contributed by atoms with Gasteiger partial charge in [0.2, 0.25) is 5.88 Å². The van der Waals surface area contributed by atoms with Crippen molar-refractivity contribution in [1.82, 2.24) is 9.97 Å². The summed E-state index contributed by atoms with van der Waals surface area (Å²) < 4.78 is 40.8. The van der Waals surface area contributed by atoms with Crippen LogP contribution in [0.15, 0.2) is 6.07 Å². The predicted octanol–water partition coefficient (Wildman–Crippen LogP) is 2.22. The number of ether oxygens (including phenoxy) is 1. The first-order valence-corrected chi connectivity index (χ1v) is 5.37. The summed E-state index contributed by atoms with van der Waals surface area (Å²) >= 11 is 0. The lowest BCUT2D eigenvalue weighted by Gasteiger charge is -2.11. The first-order chi connectivity index (χ1) is 8.31. The Kier molecular flexibility index (Phi) is 4.71. The Labute approximate surface area is 103 Å². The van der Waals surface area contributed by atoms with Gasteiger partial charge in [0.1, 0.15) is 11.6 Å². The van der Waals surface area contributed by atoms with Crippen LogP contribution in [-0.2, 0) is 0 Å². The Balaban J connectivity index is 2.73. The molecule has 1 aromatic heterocycles. The molecule has 0 bridgehead atoms. The molecule has 5 nitrogen and oxygen atoms in total. The van der Waals surface area contributed by atoms with Gasteiger partial charge < -0.3 is 10.2 Å². The van der Waals surface area contributed by atoms with Crippen LogP contribution in [0.4, 0.5) is 19.0 Å². The van der Waals surface area contributed by atoms with E-state index in [0.29, 0.717) is 11.6 Å². The first kappa shape index (κ1) is 14.5. The molecule has 0 aliphatic rings. The minimum Gasteiger partial charge on any atom is -0.477 e. The number of hydrogen-bond acceptors (Lipinski definition) is 5. The van der Waals surface area contributed by atoms with E-state index in [4.69, 9.17) is 10.6 Å². The van der Waals surface area contributed by atoms with E-state index in [1.165, 1.54) is 6.07 Å². The maximum atomic E-state index is 12.0. The molecular formula is C10H15F3N4O. The molecule has 0 aromatic carbocycles. The molecular weight excluding hydrogens is 249 g/mol. The number of nitrogens with two attached hydrogens (primary N) is 1. The van der Waals surface area contributed by atoms with Gasteiger partial charge in [0, 0.05) is 12.0 Å². The zero-order valence-electron chi connectivity index (χ0n) is 10.1. The number of anilines is 1. The number of hydrazine groups is 1. The lowest BCUT2D eigenvalue weighted by Crippen LogP contribution is -2.15. The highest BCUT2D eigenvalue weighted by Gasteiger charge is 2.27. The molecule has 1 rings (SSSR count). The lowest BCUT2D eigenvalue weighted by atomic mass is 10.2. The third-order valence-corrected chi connectivity index (χ3v) is 2.02. The molecule has 0 aliphatic heterocycles. The number of nitrogens with zero attached hydrogens (tertiary/aromatic N) is 2. The van der Waals surface area contributed by atoms with Crippen molar-refractivity contribution in [3.63, 3.8) is 0 Å². The summed E-state index contributed by atoms with van der Waals surface area (Å²) in [6.45, 7) is 3.23. The molecule has 1 aromatic rings. The minimum atomic E-state index is -4.25. The number of halogens is 3. The fraction of sp³-hybridized carbons (Fsp3) is 0.600. The van der Waals surface area contributed by atoms with Crippen molar-refractivity contribution in [3.8, 4) is 5.88 Å². The summed E-state index contributed by atoms with van der Waals surface area (Å²) in [5, 5.41) is 0. The first-order valence-electron chi connectivity index (χ1n) is 5.37. The number of rotatable bonds is 5. The van der Waals surface area contributed by atoms with E-state index in [1.807, 2.05) is 13.8 Å². The van der Waals surface area contributed by atoms with Crippen LogP contribution in [0.25, 0.3) is 0 Å². The van der Waals surface area contributed by atoms with Gasteiger partial charge in [-0.15, -0.1) is 0 Å². The van der Waals surface area contributed by atoms with E-state index >= 15 is 0 Å². The third kappa shape index (κ3) is 4.74. The summed E-state index contributed by atoms with van der Waals surface area (Å²) in [4.78, 5) is 8.06. The van der Waals surface area contributed by atoms with Crippen molar-refractivity contribution in [3.05, 3.63) is 11.9 Å². The van der Waals surface area contributed by atoms with E-state index in [0.717, 1.165) is 0 Å². The quantitative estimate of drug-likeness (QED) is 0.630. The third-order valence-electron chi connectivity index (χ3n) is 2.02. The van der Waals surface area contributed by atoms with E-state index in [2.05, 4.69) is 15.4 Å². The molecule has 3 N–H and O–H groups in total. The van der Waals surface area contributed by atoms with Crippen LogP contribution in [0.5, 0.6) is 5.88 Å². The predicted molar refractivity (Wildman–Crippen MR) is 60.1 cm³/mol. The van der Waals surface area contributed by atoms with E-state index in [1.54, 1.807) is 0 Å². The largest absolute Gasteiger partial charge is 0.477 e. The average molecular weight is 264 g/mol. The van der Waals surface area contributed by atoms with Gasteiger partial charge in [0.25, 0.3) is 0 Å². The van der Waals surface area contributed by atoms with Crippen LogP contribution < -0.4 is 16.0 Å². The number of nitrogen functional groups attached to an aromatic ring is 1. The minimum absolute atomic E-state index is 0.0169. The molecule has 0 amide bonds. The van der Waals surface area contributed by atoms with Gasteiger partial charge in [-0.2, -0.15) is 18.2 Å². The second-order valence-electron chi connectivity index (χ2n) is 3.96. The van der Waals surface area contributed by atoms with Gasteiger partial charge >= 0.3 is 6.18 Å². The molecule has 8 heteroatoms. The molecule has 102 valence electrons. The van der Waals surface area contributed by atoms with Crippen LogP contribution in [-0.4, -0.2) is 22.8 Å². The second-order valence-corrected chi connectivity index (χ2v) is 3.96. The maximum absolute atomic E-state index is 12.0. The van der Waals surface area contributed by atoms with Gasteiger partial charge in [-0.1, -0.05) is 13.8 Å². The second kappa shape index (κ2) is 5.85. The monoisotopic (exact) mass is 264 g/mol. The topological polar surface area (TPSA) is 73.1 Å². The highest BCUT2D eigenvalue weighted by Crippen LogP contribution is 2.21. The Morgan fingerprint density at radius 1 is 1.39 bits per heavy atom. The molecule has 18 heavy (non-hydrogen) atoms. The number of hydrogen-bond donors (Lipinski definition) is 2. The van der Waals surface area contributed by atoms with Crippen molar-refractivity contribution in [2.45, 2.75) is 32.4 Å². The van der Waals surface area contributed by atoms with Crippen molar-refractivity contribution in [2.75, 3.05) is 12.0 Å². The Bertz CT molecular complexity index is 395. The maximum Gasteiger partial charge on any atom is 0.392 e. The van der Waals surface area contributed by atoms with Crippen molar-refractivity contribution >= 4 is 5.82 Å². The molecule has 1 heterocycles. The van der Waals surface area contributed by atoms with Gasteiger partial charge in [0.15, 0.2) is 0 Å². The number of aromatic nitrogens is 2. The Morgan fingerprint density at radius 3 is 2.56 bits per heavy atom. The summed E-state index contributed by atoms with van der Waals surface area (Å²) in [6.07, 6.45) is -5.28. The average Bonchev–Trinajstić information content (AvgIpc) is 2.26. The molecule has 0 fully saturated rings. The van der Waals surface area contributed by atoms with Crippen molar-refractivity contribution < 1.29 is 17.9 Å². The zero-order valence-corrected chi connectivity index (χ0v) is 10.1. The fourth-order valence-electron chi connectivity index (χ4n) is 1.12. The van der Waals surface area contributed by atoms with Crippen LogP contribution in [0.1, 0.15) is 32.0 Å². The number of alkyl halides is 3. The molecule has 0 unspecified atom stereocenters. The van der Waals surface area contributed by atoms with Gasteiger partial charge in [-0.25, -0.2) is 10.8 Å². The van der Waals surface area contributed by atoms with Crippen molar-refractivity contribution in [1.29, 1.82) is 0 Å². The highest BCUT2D eigenvalue weighted by atomic mass is 19.4. The van der Waals surface area contributed by atoms with Crippen molar-refractivity contribution in [2.24, 2.45) is 5.84 Å². The molecule has 0 aliphatic carbocycles. The van der Waals surface area contributed by atoms with Crippen LogP contribution >= 0.6 is 0 Å². The van der Waals surface area contributed by atoms with E-state index < -0.39 is 19.2 Å². The zero-order chi connectivity index (χ0) is 13.8. The van der Waals surface area contributed by atoms with Crippen LogP contribution in [0.2, 0.25) is 0 Å². The standard InChI is InChI=1S/C10H15F3N4O/c1-6(2)9-15-7(17-14)5-8(16-9)18-4-3-10(11,12)13/h5-6H,3-4,14H2,1-2H3,(H,15,16,17). The summed E-state index contributed by atoms with van der Waals surface area (Å²) in [5.41, 5.74) is 2.32. The summed E-state index contributed by atoms with van der Waals surface area (Å²) in [7, 11) is 0. The normalized spacial score (nSPS) is 11.7. The molecule has 0 saturated heterocycles. The van der Waals surface area contributed by atoms with Crippen LogP contribution in [0, 0.1) is 0 Å². The molecule has 0 radical (unpaired) electrons. The summed E-state index contributed by atoms with van der Waals surface area (Å²) in [6, 6.07) is 1.35. The Hall–Kier alpha value is -1.57. The van der Waals surface area contributed by atoms with Gasteiger partial charge in [0.05, 0.1) is 13.0 Å².